The maximum Gasteiger partial charge on any atom is 0.222 e. The minimum atomic E-state index is 0.131. The van der Waals surface area contributed by atoms with Gasteiger partial charge in [-0.3, -0.25) is 4.79 Å². The quantitative estimate of drug-likeness (QED) is 0.716. The normalized spacial score (nSPS) is 13.9. The Morgan fingerprint density at radius 1 is 1.38 bits per heavy atom. The van der Waals surface area contributed by atoms with Crippen molar-refractivity contribution in [2.45, 2.75) is 47.5 Å². The highest BCUT2D eigenvalue weighted by Crippen LogP contribution is 2.23. The van der Waals surface area contributed by atoms with Crippen molar-refractivity contribution in [2.24, 2.45) is 11.3 Å². The molecular formula is C11H23NO. The van der Waals surface area contributed by atoms with Crippen molar-refractivity contribution in [1.82, 2.24) is 5.32 Å². The molecule has 0 aromatic carbocycles. The molecule has 1 amide bonds. The van der Waals surface area contributed by atoms with Crippen molar-refractivity contribution in [3.05, 3.63) is 0 Å². The zero-order valence-corrected chi connectivity index (χ0v) is 9.61. The fourth-order valence-corrected chi connectivity index (χ4v) is 1.43. The number of hydrogen-bond donors (Lipinski definition) is 1. The lowest BCUT2D eigenvalue weighted by atomic mass is 9.85. The summed E-state index contributed by atoms with van der Waals surface area (Å²) in [4.78, 5) is 11.5. The van der Waals surface area contributed by atoms with E-state index in [4.69, 9.17) is 0 Å². The highest BCUT2D eigenvalue weighted by atomic mass is 16.1. The number of hydrogen-bond acceptors (Lipinski definition) is 1. The third-order valence-electron chi connectivity index (χ3n) is 1.92. The van der Waals surface area contributed by atoms with Gasteiger partial charge < -0.3 is 5.32 Å². The summed E-state index contributed by atoms with van der Waals surface area (Å²) in [5, 5.41) is 2.92. The molecule has 0 aromatic heterocycles. The summed E-state index contributed by atoms with van der Waals surface area (Å²) in [6, 6.07) is 0. The van der Waals surface area contributed by atoms with Crippen molar-refractivity contribution < 1.29 is 4.79 Å². The van der Waals surface area contributed by atoms with E-state index in [1.54, 1.807) is 0 Å². The third-order valence-corrected chi connectivity index (χ3v) is 1.92. The second-order valence-electron chi connectivity index (χ2n) is 4.96. The highest BCUT2D eigenvalue weighted by Gasteiger charge is 2.20. The second kappa shape index (κ2) is 5.25. The molecule has 1 unspecified atom stereocenters. The molecule has 0 rings (SSSR count). The molecule has 0 aromatic rings. The van der Waals surface area contributed by atoms with Crippen molar-refractivity contribution in [2.75, 3.05) is 6.54 Å². The van der Waals surface area contributed by atoms with Crippen LogP contribution in [0.3, 0.4) is 0 Å². The lowest BCUT2D eigenvalue weighted by Gasteiger charge is -2.22. The number of nitrogens with one attached hydrogen (secondary N) is 1. The Morgan fingerprint density at radius 2 is 1.92 bits per heavy atom. The van der Waals surface area contributed by atoms with Crippen LogP contribution < -0.4 is 5.32 Å². The van der Waals surface area contributed by atoms with Gasteiger partial charge in [-0.25, -0.2) is 0 Å². The van der Waals surface area contributed by atoms with E-state index in [0.717, 1.165) is 19.4 Å². The first-order valence-electron chi connectivity index (χ1n) is 5.14. The summed E-state index contributed by atoms with van der Waals surface area (Å²) >= 11 is 0. The van der Waals surface area contributed by atoms with Gasteiger partial charge in [0.25, 0.3) is 0 Å². The molecule has 0 radical (unpaired) electrons. The molecular weight excluding hydrogens is 162 g/mol. The zero-order valence-electron chi connectivity index (χ0n) is 9.61. The van der Waals surface area contributed by atoms with Gasteiger partial charge in [0.15, 0.2) is 0 Å². The minimum absolute atomic E-state index is 0.131. The molecule has 2 nitrogen and oxygen atoms in total. The molecule has 0 aliphatic heterocycles. The molecule has 1 N–H and O–H groups in total. The van der Waals surface area contributed by atoms with Crippen molar-refractivity contribution in [1.29, 1.82) is 0 Å². The molecule has 78 valence electrons. The predicted molar refractivity (Wildman–Crippen MR) is 56.5 cm³/mol. The molecule has 0 heterocycles. The van der Waals surface area contributed by atoms with Crippen molar-refractivity contribution in [3.8, 4) is 0 Å². The molecule has 0 aliphatic carbocycles. The molecule has 2 heteroatoms. The first-order valence-corrected chi connectivity index (χ1v) is 5.14. The standard InChI is InChI=1S/C11H23NO/c1-6-7-12-10(13)9(2)8-11(3,4)5/h9H,6-8H2,1-5H3,(H,12,13). The summed E-state index contributed by atoms with van der Waals surface area (Å²) in [5.74, 6) is 0.323. The SMILES string of the molecule is CCCNC(=O)C(C)CC(C)(C)C. The van der Waals surface area contributed by atoms with Gasteiger partial charge >= 0.3 is 0 Å². The first-order chi connectivity index (χ1) is 5.87. The van der Waals surface area contributed by atoms with Gasteiger partial charge in [-0.2, -0.15) is 0 Å². The number of carbonyl (C=O) groups is 1. The Morgan fingerprint density at radius 3 is 2.31 bits per heavy atom. The Balaban J connectivity index is 3.83. The molecule has 0 saturated heterocycles. The summed E-state index contributed by atoms with van der Waals surface area (Å²) in [7, 11) is 0. The molecule has 0 fully saturated rings. The van der Waals surface area contributed by atoms with E-state index in [0.29, 0.717) is 0 Å². The summed E-state index contributed by atoms with van der Waals surface area (Å²) < 4.78 is 0. The molecule has 0 aliphatic rings. The van der Waals surface area contributed by atoms with Crippen LogP contribution in [-0.2, 0) is 4.79 Å². The lowest BCUT2D eigenvalue weighted by molar-refractivity contribution is -0.125. The smallest absolute Gasteiger partial charge is 0.222 e. The van der Waals surface area contributed by atoms with Gasteiger partial charge in [-0.1, -0.05) is 34.6 Å². The van der Waals surface area contributed by atoms with Crippen LogP contribution in [0.2, 0.25) is 0 Å². The zero-order chi connectivity index (χ0) is 10.5. The average molecular weight is 185 g/mol. The van der Waals surface area contributed by atoms with E-state index in [2.05, 4.69) is 33.0 Å². The maximum absolute atomic E-state index is 11.5. The van der Waals surface area contributed by atoms with Gasteiger partial charge in [0.05, 0.1) is 0 Å². The number of amides is 1. The van der Waals surface area contributed by atoms with Crippen LogP contribution in [0.1, 0.15) is 47.5 Å². The van der Waals surface area contributed by atoms with Gasteiger partial charge in [-0.15, -0.1) is 0 Å². The van der Waals surface area contributed by atoms with E-state index in [1.807, 2.05) is 6.92 Å². The van der Waals surface area contributed by atoms with Gasteiger partial charge in [0, 0.05) is 12.5 Å². The van der Waals surface area contributed by atoms with Crippen LogP contribution in [0, 0.1) is 11.3 Å². The van der Waals surface area contributed by atoms with Gasteiger partial charge in [0.1, 0.15) is 0 Å². The summed E-state index contributed by atoms with van der Waals surface area (Å²) in [6.07, 6.45) is 1.95. The molecule has 13 heavy (non-hydrogen) atoms. The largest absolute Gasteiger partial charge is 0.356 e. The van der Waals surface area contributed by atoms with Crippen LogP contribution in [-0.4, -0.2) is 12.5 Å². The Hall–Kier alpha value is -0.530. The van der Waals surface area contributed by atoms with Crippen LogP contribution in [0.25, 0.3) is 0 Å². The Bertz CT molecular complexity index is 158. The fourth-order valence-electron chi connectivity index (χ4n) is 1.43. The van der Waals surface area contributed by atoms with Crippen LogP contribution >= 0.6 is 0 Å². The third kappa shape index (κ3) is 6.62. The van der Waals surface area contributed by atoms with E-state index in [1.165, 1.54) is 0 Å². The summed E-state index contributed by atoms with van der Waals surface area (Å²) in [6.45, 7) is 11.3. The molecule has 0 bridgehead atoms. The van der Waals surface area contributed by atoms with Gasteiger partial charge in [-0.05, 0) is 18.3 Å². The number of rotatable bonds is 4. The fraction of sp³-hybridized carbons (Fsp3) is 0.909. The molecule has 0 spiro atoms. The Kier molecular flexibility index (Phi) is 5.04. The predicted octanol–water partition coefficient (Wildman–Crippen LogP) is 2.58. The van der Waals surface area contributed by atoms with E-state index >= 15 is 0 Å². The van der Waals surface area contributed by atoms with E-state index in [-0.39, 0.29) is 17.2 Å². The van der Waals surface area contributed by atoms with E-state index in [9.17, 15) is 4.79 Å². The topological polar surface area (TPSA) is 29.1 Å². The lowest BCUT2D eigenvalue weighted by Crippen LogP contribution is -2.31. The van der Waals surface area contributed by atoms with Crippen molar-refractivity contribution in [3.63, 3.8) is 0 Å². The van der Waals surface area contributed by atoms with Crippen LogP contribution in [0.15, 0.2) is 0 Å². The van der Waals surface area contributed by atoms with E-state index < -0.39 is 0 Å². The van der Waals surface area contributed by atoms with Crippen LogP contribution in [0.5, 0.6) is 0 Å². The summed E-state index contributed by atoms with van der Waals surface area (Å²) in [5.41, 5.74) is 0.239. The first kappa shape index (κ1) is 12.5. The van der Waals surface area contributed by atoms with Crippen molar-refractivity contribution >= 4 is 5.91 Å². The number of carbonyl (C=O) groups excluding carboxylic acids is 1. The molecule has 0 saturated carbocycles. The highest BCUT2D eigenvalue weighted by molar-refractivity contribution is 5.78. The second-order valence-corrected chi connectivity index (χ2v) is 4.96. The maximum atomic E-state index is 11.5. The van der Waals surface area contributed by atoms with Crippen LogP contribution in [0.4, 0.5) is 0 Å². The minimum Gasteiger partial charge on any atom is -0.356 e. The monoisotopic (exact) mass is 185 g/mol. The Labute approximate surface area is 82.1 Å². The van der Waals surface area contributed by atoms with Gasteiger partial charge in [0.2, 0.25) is 5.91 Å². The average Bonchev–Trinajstić information content (AvgIpc) is 1.96. The molecule has 1 atom stereocenters.